The normalized spacial score (nSPS) is 26.9. The third-order valence-corrected chi connectivity index (χ3v) is 4.65. The molecule has 0 bridgehead atoms. The van der Waals surface area contributed by atoms with E-state index in [1.165, 1.54) is 5.56 Å². The number of thioether (sulfide) groups is 1. The minimum Gasteiger partial charge on any atom is -0.286 e. The molecule has 1 fully saturated rings. The van der Waals surface area contributed by atoms with Crippen LogP contribution in [-0.2, 0) is 11.2 Å². The molecular formula is C13H14N2O2S. The first-order valence-electron chi connectivity index (χ1n) is 6.12. The van der Waals surface area contributed by atoms with E-state index in [0.717, 1.165) is 42.3 Å². The molecule has 5 heteroatoms. The van der Waals surface area contributed by atoms with Crippen molar-refractivity contribution in [3.8, 4) is 0 Å². The van der Waals surface area contributed by atoms with Gasteiger partial charge in [0.25, 0.3) is 5.24 Å². The minimum absolute atomic E-state index is 0.0748. The molecule has 1 aromatic heterocycles. The fourth-order valence-electron chi connectivity index (χ4n) is 2.75. The number of rotatable bonds is 1. The number of fused-ring (bicyclic) bond motifs is 1. The lowest BCUT2D eigenvalue weighted by Crippen LogP contribution is -2.30. The molecule has 1 aromatic rings. The van der Waals surface area contributed by atoms with E-state index >= 15 is 0 Å². The van der Waals surface area contributed by atoms with E-state index < -0.39 is 0 Å². The molecule has 0 saturated carbocycles. The maximum absolute atomic E-state index is 11.8. The molecule has 2 atom stereocenters. The molecule has 2 amide bonds. The number of pyridine rings is 1. The van der Waals surface area contributed by atoms with Gasteiger partial charge in [0.15, 0.2) is 0 Å². The zero-order valence-corrected chi connectivity index (χ0v) is 10.9. The number of nitrogens with zero attached hydrogens (tertiary/aromatic N) is 1. The number of aromatic nitrogens is 1. The van der Waals surface area contributed by atoms with Crippen molar-refractivity contribution in [3.05, 3.63) is 29.1 Å². The Hall–Kier alpha value is -1.36. The Labute approximate surface area is 110 Å². The molecule has 1 N–H and O–H groups in total. The molecule has 0 spiro atoms. The first kappa shape index (κ1) is 11.7. The molecule has 94 valence electrons. The summed E-state index contributed by atoms with van der Waals surface area (Å²) in [6.45, 7) is 2.03. The zero-order chi connectivity index (χ0) is 12.7. The molecule has 1 aliphatic heterocycles. The van der Waals surface area contributed by atoms with Gasteiger partial charge in [-0.25, -0.2) is 0 Å². The summed E-state index contributed by atoms with van der Waals surface area (Å²) >= 11 is 1.11. The quantitative estimate of drug-likeness (QED) is 0.842. The molecule has 2 unspecified atom stereocenters. The Morgan fingerprint density at radius 1 is 1.44 bits per heavy atom. The standard InChI is InChI=1S/C13H14N2O2S/c1-7-5-8-3-2-4-9(10(8)14-6-7)11-12(16)15-13(17)18-11/h5-6,9,11H,2-4H2,1H3,(H,15,16,17). The Morgan fingerprint density at radius 3 is 3.00 bits per heavy atom. The van der Waals surface area contributed by atoms with Gasteiger partial charge in [0.2, 0.25) is 5.91 Å². The summed E-state index contributed by atoms with van der Waals surface area (Å²) in [5.41, 5.74) is 3.39. The zero-order valence-electron chi connectivity index (χ0n) is 10.1. The number of imide groups is 1. The molecule has 2 heterocycles. The van der Waals surface area contributed by atoms with Crippen molar-refractivity contribution in [1.29, 1.82) is 0 Å². The number of amides is 2. The van der Waals surface area contributed by atoms with Crippen LogP contribution in [0.2, 0.25) is 0 Å². The molecule has 2 aliphatic rings. The number of aryl methyl sites for hydroxylation is 2. The van der Waals surface area contributed by atoms with Crippen LogP contribution < -0.4 is 5.32 Å². The van der Waals surface area contributed by atoms with Crippen LogP contribution in [0.15, 0.2) is 12.3 Å². The van der Waals surface area contributed by atoms with Crippen molar-refractivity contribution < 1.29 is 9.59 Å². The number of hydrogen-bond donors (Lipinski definition) is 1. The largest absolute Gasteiger partial charge is 0.286 e. The Morgan fingerprint density at radius 2 is 2.28 bits per heavy atom. The van der Waals surface area contributed by atoms with Crippen molar-refractivity contribution >= 4 is 22.9 Å². The Bertz CT molecular complexity index is 530. The van der Waals surface area contributed by atoms with E-state index in [1.54, 1.807) is 0 Å². The molecule has 0 aromatic carbocycles. The van der Waals surface area contributed by atoms with Crippen LogP contribution in [0, 0.1) is 6.92 Å². The van der Waals surface area contributed by atoms with Crippen LogP contribution in [0.3, 0.4) is 0 Å². The fraction of sp³-hybridized carbons (Fsp3) is 0.462. The number of hydrogen-bond acceptors (Lipinski definition) is 4. The first-order chi connectivity index (χ1) is 8.65. The van der Waals surface area contributed by atoms with Crippen molar-refractivity contribution in [2.75, 3.05) is 0 Å². The second-order valence-corrected chi connectivity index (χ2v) is 5.99. The van der Waals surface area contributed by atoms with E-state index in [1.807, 2.05) is 13.1 Å². The summed E-state index contributed by atoms with van der Waals surface area (Å²) in [4.78, 5) is 27.6. The third kappa shape index (κ3) is 1.92. The van der Waals surface area contributed by atoms with E-state index in [-0.39, 0.29) is 22.3 Å². The Kier molecular flexibility index (Phi) is 2.86. The summed E-state index contributed by atoms with van der Waals surface area (Å²) in [5.74, 6) is -0.0870. The lowest BCUT2D eigenvalue weighted by atomic mass is 9.83. The van der Waals surface area contributed by atoms with Gasteiger partial charge in [-0.15, -0.1) is 0 Å². The lowest BCUT2D eigenvalue weighted by molar-refractivity contribution is -0.119. The molecular weight excluding hydrogens is 248 g/mol. The molecule has 1 aliphatic carbocycles. The first-order valence-corrected chi connectivity index (χ1v) is 7.00. The van der Waals surface area contributed by atoms with Crippen LogP contribution in [0.5, 0.6) is 0 Å². The second-order valence-electron chi connectivity index (χ2n) is 4.87. The van der Waals surface area contributed by atoms with Crippen LogP contribution in [-0.4, -0.2) is 21.4 Å². The highest BCUT2D eigenvalue weighted by Crippen LogP contribution is 2.39. The van der Waals surface area contributed by atoms with Gasteiger partial charge in [0.05, 0.1) is 0 Å². The molecule has 4 nitrogen and oxygen atoms in total. The van der Waals surface area contributed by atoms with Gasteiger partial charge < -0.3 is 0 Å². The smallest absolute Gasteiger partial charge is 0.286 e. The van der Waals surface area contributed by atoms with Gasteiger partial charge in [-0.05, 0) is 37.3 Å². The van der Waals surface area contributed by atoms with Crippen molar-refractivity contribution in [1.82, 2.24) is 10.3 Å². The predicted octanol–water partition coefficient (Wildman–Crippen LogP) is 2.16. The highest BCUT2D eigenvalue weighted by molar-refractivity contribution is 8.15. The predicted molar refractivity (Wildman–Crippen MR) is 69.6 cm³/mol. The van der Waals surface area contributed by atoms with Crippen LogP contribution >= 0.6 is 11.8 Å². The summed E-state index contributed by atoms with van der Waals surface area (Å²) < 4.78 is 0. The highest BCUT2D eigenvalue weighted by atomic mass is 32.2. The van der Waals surface area contributed by atoms with Crippen LogP contribution in [0.1, 0.15) is 35.6 Å². The number of carbonyl (C=O) groups is 2. The summed E-state index contributed by atoms with van der Waals surface area (Å²) in [7, 11) is 0. The molecule has 1 saturated heterocycles. The maximum Gasteiger partial charge on any atom is 0.286 e. The van der Waals surface area contributed by atoms with Gasteiger partial charge in [0, 0.05) is 17.8 Å². The van der Waals surface area contributed by atoms with E-state index in [0.29, 0.717) is 0 Å². The molecule has 0 radical (unpaired) electrons. The number of nitrogens with one attached hydrogen (secondary N) is 1. The van der Waals surface area contributed by atoms with E-state index in [4.69, 9.17) is 0 Å². The maximum atomic E-state index is 11.8. The van der Waals surface area contributed by atoms with Crippen molar-refractivity contribution in [2.45, 2.75) is 37.4 Å². The summed E-state index contributed by atoms with van der Waals surface area (Å²) in [5, 5.41) is 1.83. The van der Waals surface area contributed by atoms with E-state index in [9.17, 15) is 9.59 Å². The van der Waals surface area contributed by atoms with Crippen molar-refractivity contribution in [2.24, 2.45) is 0 Å². The topological polar surface area (TPSA) is 59.1 Å². The SMILES string of the molecule is Cc1cnc2c(c1)CCCC2C1SC(=O)NC1=O. The van der Waals surface area contributed by atoms with E-state index in [2.05, 4.69) is 16.4 Å². The second kappa shape index (κ2) is 4.39. The van der Waals surface area contributed by atoms with Gasteiger partial charge in [0.1, 0.15) is 5.25 Å². The number of carbonyl (C=O) groups excluding carboxylic acids is 2. The fourth-order valence-corrected chi connectivity index (χ4v) is 3.74. The average molecular weight is 262 g/mol. The molecule has 18 heavy (non-hydrogen) atoms. The summed E-state index contributed by atoms with van der Waals surface area (Å²) in [6, 6.07) is 2.15. The van der Waals surface area contributed by atoms with Crippen molar-refractivity contribution in [3.63, 3.8) is 0 Å². The van der Waals surface area contributed by atoms with Gasteiger partial charge >= 0.3 is 0 Å². The highest BCUT2D eigenvalue weighted by Gasteiger charge is 2.40. The van der Waals surface area contributed by atoms with Gasteiger partial charge in [-0.2, -0.15) is 0 Å². The average Bonchev–Trinajstić information content (AvgIpc) is 2.67. The van der Waals surface area contributed by atoms with Gasteiger partial charge in [-0.3, -0.25) is 19.9 Å². The molecule has 3 rings (SSSR count). The lowest BCUT2D eigenvalue weighted by Gasteiger charge is -2.26. The van der Waals surface area contributed by atoms with Gasteiger partial charge in [-0.1, -0.05) is 17.8 Å². The van der Waals surface area contributed by atoms with Crippen LogP contribution in [0.25, 0.3) is 0 Å². The van der Waals surface area contributed by atoms with Crippen LogP contribution in [0.4, 0.5) is 4.79 Å². The Balaban J connectivity index is 1.96. The minimum atomic E-state index is -0.299. The summed E-state index contributed by atoms with van der Waals surface area (Å²) in [6.07, 6.45) is 4.85. The monoisotopic (exact) mass is 262 g/mol. The third-order valence-electron chi connectivity index (χ3n) is 3.53.